The van der Waals surface area contributed by atoms with E-state index in [4.69, 9.17) is 5.11 Å². The van der Waals surface area contributed by atoms with Gasteiger partial charge in [-0.15, -0.1) is 11.3 Å². The summed E-state index contributed by atoms with van der Waals surface area (Å²) >= 11 is 3.82. The van der Waals surface area contributed by atoms with E-state index in [1.54, 1.807) is 18.3 Å². The summed E-state index contributed by atoms with van der Waals surface area (Å²) in [6.07, 6.45) is -0.308. The van der Waals surface area contributed by atoms with Crippen molar-refractivity contribution < 1.29 is 5.11 Å². The Morgan fingerprint density at radius 2 is 2.44 bits per heavy atom. The van der Waals surface area contributed by atoms with Gasteiger partial charge in [-0.2, -0.15) is 0 Å². The van der Waals surface area contributed by atoms with E-state index in [9.17, 15) is 0 Å². The van der Waals surface area contributed by atoms with Crippen LogP contribution in [0.15, 0.2) is 11.4 Å². The van der Waals surface area contributed by atoms with Gasteiger partial charge >= 0.3 is 0 Å². The van der Waals surface area contributed by atoms with Gasteiger partial charge in [0.1, 0.15) is 0 Å². The maximum absolute atomic E-state index is 9.10. The molecular formula is C6H7IOS. The third-order valence-electron chi connectivity index (χ3n) is 1.02. The summed E-state index contributed by atoms with van der Waals surface area (Å²) in [5, 5.41) is 11.1. The van der Waals surface area contributed by atoms with Crippen molar-refractivity contribution in [2.24, 2.45) is 0 Å². The molecule has 1 unspecified atom stereocenters. The van der Waals surface area contributed by atoms with Gasteiger partial charge in [-0.3, -0.25) is 0 Å². The molecule has 0 radical (unpaired) electrons. The van der Waals surface area contributed by atoms with Gasteiger partial charge in [-0.1, -0.05) is 0 Å². The van der Waals surface area contributed by atoms with Crippen LogP contribution < -0.4 is 0 Å². The maximum atomic E-state index is 9.10. The van der Waals surface area contributed by atoms with Gasteiger partial charge in [0.15, 0.2) is 0 Å². The van der Waals surface area contributed by atoms with Crippen molar-refractivity contribution in [3.05, 3.63) is 19.9 Å². The molecule has 9 heavy (non-hydrogen) atoms. The zero-order chi connectivity index (χ0) is 6.85. The molecule has 0 amide bonds. The van der Waals surface area contributed by atoms with Crippen molar-refractivity contribution in [3.8, 4) is 0 Å². The molecule has 1 heterocycles. The minimum Gasteiger partial charge on any atom is -0.388 e. The molecule has 1 aromatic rings. The SMILES string of the molecule is CC(O)c1sccc1I. The first-order chi connectivity index (χ1) is 4.22. The molecule has 0 aliphatic heterocycles. The number of rotatable bonds is 1. The number of hydrogen-bond acceptors (Lipinski definition) is 2. The highest BCUT2D eigenvalue weighted by Gasteiger charge is 2.05. The van der Waals surface area contributed by atoms with Gasteiger partial charge < -0.3 is 5.11 Å². The normalized spacial score (nSPS) is 13.7. The lowest BCUT2D eigenvalue weighted by Crippen LogP contribution is -1.87. The van der Waals surface area contributed by atoms with E-state index < -0.39 is 0 Å². The summed E-state index contributed by atoms with van der Waals surface area (Å²) in [6, 6.07) is 2.01. The Kier molecular flexibility index (Phi) is 2.49. The van der Waals surface area contributed by atoms with Gasteiger partial charge in [0.25, 0.3) is 0 Å². The smallest absolute Gasteiger partial charge is 0.0864 e. The molecule has 0 saturated carbocycles. The van der Waals surface area contributed by atoms with Gasteiger partial charge in [-0.05, 0) is 41.0 Å². The predicted octanol–water partition coefficient (Wildman–Crippen LogP) is 2.41. The zero-order valence-electron chi connectivity index (χ0n) is 4.97. The minimum absolute atomic E-state index is 0.308. The Morgan fingerprint density at radius 3 is 2.67 bits per heavy atom. The number of aliphatic hydroxyl groups excluding tert-OH is 1. The topological polar surface area (TPSA) is 20.2 Å². The van der Waals surface area contributed by atoms with Crippen LogP contribution in [0.4, 0.5) is 0 Å². The third-order valence-corrected chi connectivity index (χ3v) is 3.42. The van der Waals surface area contributed by atoms with Crippen LogP contribution in [0.1, 0.15) is 17.9 Å². The summed E-state index contributed by atoms with van der Waals surface area (Å²) in [5.41, 5.74) is 0. The molecule has 0 spiro atoms. The first-order valence-electron chi connectivity index (χ1n) is 2.63. The van der Waals surface area contributed by atoms with Crippen molar-refractivity contribution in [1.82, 2.24) is 0 Å². The fourth-order valence-electron chi connectivity index (χ4n) is 0.604. The average Bonchev–Trinajstić information content (AvgIpc) is 2.13. The van der Waals surface area contributed by atoms with E-state index in [0.29, 0.717) is 0 Å². The molecule has 0 fully saturated rings. The van der Waals surface area contributed by atoms with Crippen LogP contribution in [0.3, 0.4) is 0 Å². The Balaban J connectivity index is 2.94. The fraction of sp³-hybridized carbons (Fsp3) is 0.333. The van der Waals surface area contributed by atoms with E-state index in [-0.39, 0.29) is 6.10 Å². The average molecular weight is 254 g/mol. The van der Waals surface area contributed by atoms with Crippen LogP contribution >= 0.6 is 33.9 Å². The van der Waals surface area contributed by atoms with E-state index in [1.165, 1.54) is 0 Å². The molecule has 1 N–H and O–H groups in total. The highest BCUT2D eigenvalue weighted by molar-refractivity contribution is 14.1. The van der Waals surface area contributed by atoms with Crippen LogP contribution in [0.2, 0.25) is 0 Å². The first kappa shape index (κ1) is 7.50. The standard InChI is InChI=1S/C6H7IOS/c1-4(8)6-5(7)2-3-9-6/h2-4,8H,1H3. The number of thiophene rings is 1. The van der Waals surface area contributed by atoms with Crippen molar-refractivity contribution >= 4 is 33.9 Å². The molecule has 3 heteroatoms. The van der Waals surface area contributed by atoms with E-state index in [0.717, 1.165) is 8.45 Å². The van der Waals surface area contributed by atoms with Crippen LogP contribution in [0.25, 0.3) is 0 Å². The Hall–Kier alpha value is 0.390. The summed E-state index contributed by atoms with van der Waals surface area (Å²) in [7, 11) is 0. The molecule has 1 rings (SSSR count). The Morgan fingerprint density at radius 1 is 1.78 bits per heavy atom. The molecule has 0 saturated heterocycles. The second-order valence-electron chi connectivity index (χ2n) is 1.81. The number of aliphatic hydroxyl groups is 1. The molecule has 0 aliphatic rings. The largest absolute Gasteiger partial charge is 0.388 e. The molecule has 1 nitrogen and oxygen atoms in total. The fourth-order valence-corrected chi connectivity index (χ4v) is 2.59. The number of hydrogen-bond donors (Lipinski definition) is 1. The minimum atomic E-state index is -0.308. The molecular weight excluding hydrogens is 247 g/mol. The monoisotopic (exact) mass is 254 g/mol. The van der Waals surface area contributed by atoms with Crippen LogP contribution in [0, 0.1) is 3.57 Å². The molecule has 0 bridgehead atoms. The maximum Gasteiger partial charge on any atom is 0.0864 e. The van der Waals surface area contributed by atoms with Crippen molar-refractivity contribution in [1.29, 1.82) is 0 Å². The van der Waals surface area contributed by atoms with Gasteiger partial charge in [0.2, 0.25) is 0 Å². The predicted molar refractivity (Wildman–Crippen MR) is 47.7 cm³/mol. The first-order valence-corrected chi connectivity index (χ1v) is 4.58. The van der Waals surface area contributed by atoms with Crippen LogP contribution in [0.5, 0.6) is 0 Å². The van der Waals surface area contributed by atoms with Crippen molar-refractivity contribution in [2.45, 2.75) is 13.0 Å². The lowest BCUT2D eigenvalue weighted by atomic mass is 10.3. The van der Waals surface area contributed by atoms with Gasteiger partial charge in [0.05, 0.1) is 6.10 Å². The summed E-state index contributed by atoms with van der Waals surface area (Å²) in [6.45, 7) is 1.79. The lowest BCUT2D eigenvalue weighted by molar-refractivity contribution is 0.202. The Labute approximate surface area is 71.9 Å². The van der Waals surface area contributed by atoms with E-state index in [1.807, 2.05) is 11.4 Å². The quantitative estimate of drug-likeness (QED) is 0.763. The summed E-state index contributed by atoms with van der Waals surface area (Å²) < 4.78 is 1.16. The van der Waals surface area contributed by atoms with Crippen LogP contribution in [-0.4, -0.2) is 5.11 Å². The summed E-state index contributed by atoms with van der Waals surface area (Å²) in [4.78, 5) is 1.07. The third kappa shape index (κ3) is 1.65. The highest BCUT2D eigenvalue weighted by Crippen LogP contribution is 2.24. The molecule has 0 aromatic carbocycles. The van der Waals surface area contributed by atoms with Crippen LogP contribution in [-0.2, 0) is 0 Å². The van der Waals surface area contributed by atoms with E-state index >= 15 is 0 Å². The van der Waals surface area contributed by atoms with E-state index in [2.05, 4.69) is 22.6 Å². The molecule has 0 aliphatic carbocycles. The highest BCUT2D eigenvalue weighted by atomic mass is 127. The molecule has 50 valence electrons. The number of halogens is 1. The second kappa shape index (κ2) is 2.98. The summed E-state index contributed by atoms with van der Waals surface area (Å²) in [5.74, 6) is 0. The Bertz CT molecular complexity index is 195. The second-order valence-corrected chi connectivity index (χ2v) is 3.92. The van der Waals surface area contributed by atoms with Crippen molar-refractivity contribution in [3.63, 3.8) is 0 Å². The molecule has 1 aromatic heterocycles. The lowest BCUT2D eigenvalue weighted by Gasteiger charge is -1.98. The van der Waals surface area contributed by atoms with Gasteiger partial charge in [-0.25, -0.2) is 0 Å². The van der Waals surface area contributed by atoms with Crippen molar-refractivity contribution in [2.75, 3.05) is 0 Å². The zero-order valence-corrected chi connectivity index (χ0v) is 7.94. The van der Waals surface area contributed by atoms with Gasteiger partial charge in [0, 0.05) is 8.45 Å². The molecule has 1 atom stereocenters.